The van der Waals surface area contributed by atoms with Crippen LogP contribution in [0, 0.1) is 0 Å². The van der Waals surface area contributed by atoms with E-state index < -0.39 is 5.97 Å². The molecule has 0 atom stereocenters. The van der Waals surface area contributed by atoms with Crippen LogP contribution in [0.5, 0.6) is 0 Å². The van der Waals surface area contributed by atoms with Gasteiger partial charge in [-0.25, -0.2) is 0 Å². The third kappa shape index (κ3) is 2.70. The molecular formula is C12H18N4O2S. The van der Waals surface area contributed by atoms with Crippen LogP contribution in [-0.4, -0.2) is 44.2 Å². The smallest absolute Gasteiger partial charge is 0.313 e. The molecular weight excluding hydrogens is 264 g/mol. The third-order valence-electron chi connectivity index (χ3n) is 3.47. The molecule has 0 amide bonds. The number of aliphatic carboxylic acids is 1. The van der Waals surface area contributed by atoms with Gasteiger partial charge in [0, 0.05) is 18.6 Å². The van der Waals surface area contributed by atoms with Gasteiger partial charge in [-0.15, -0.1) is 10.2 Å². The summed E-state index contributed by atoms with van der Waals surface area (Å²) >= 11 is 1.27. The van der Waals surface area contributed by atoms with E-state index in [4.69, 9.17) is 5.11 Å². The highest BCUT2D eigenvalue weighted by Gasteiger charge is 2.36. The Balaban J connectivity index is 1.84. The van der Waals surface area contributed by atoms with Crippen LogP contribution >= 0.6 is 11.8 Å². The minimum atomic E-state index is -0.813. The van der Waals surface area contributed by atoms with Crippen LogP contribution in [0.1, 0.15) is 38.6 Å². The molecule has 19 heavy (non-hydrogen) atoms. The first-order valence-electron chi connectivity index (χ1n) is 6.76. The Hall–Kier alpha value is -1.24. The molecule has 0 spiro atoms. The summed E-state index contributed by atoms with van der Waals surface area (Å²) in [5.41, 5.74) is 0. The number of carbonyl (C=O) groups is 1. The van der Waals surface area contributed by atoms with Crippen molar-refractivity contribution in [3.8, 4) is 0 Å². The molecule has 0 unspecified atom stereocenters. The van der Waals surface area contributed by atoms with E-state index in [-0.39, 0.29) is 5.75 Å². The average molecular weight is 282 g/mol. The highest BCUT2D eigenvalue weighted by molar-refractivity contribution is 7.99. The zero-order valence-corrected chi connectivity index (χ0v) is 11.8. The van der Waals surface area contributed by atoms with E-state index in [0.29, 0.717) is 12.1 Å². The molecule has 0 aromatic carbocycles. The van der Waals surface area contributed by atoms with E-state index >= 15 is 0 Å². The largest absolute Gasteiger partial charge is 0.481 e. The molecule has 3 rings (SSSR count). The first-order valence-corrected chi connectivity index (χ1v) is 7.75. The second-order valence-electron chi connectivity index (χ2n) is 5.08. The maximum absolute atomic E-state index is 10.7. The summed E-state index contributed by atoms with van der Waals surface area (Å²) in [6, 6.07) is 1.07. The highest BCUT2D eigenvalue weighted by Crippen LogP contribution is 2.42. The molecule has 2 aliphatic rings. The maximum atomic E-state index is 10.7. The van der Waals surface area contributed by atoms with Crippen LogP contribution in [0.4, 0.5) is 5.95 Å². The molecule has 1 aromatic heterocycles. The van der Waals surface area contributed by atoms with Gasteiger partial charge in [-0.3, -0.25) is 9.36 Å². The number of hydrogen-bond acceptors (Lipinski definition) is 5. The quantitative estimate of drug-likeness (QED) is 0.769. The molecule has 104 valence electrons. The zero-order chi connectivity index (χ0) is 13.4. The molecule has 6 nitrogen and oxygen atoms in total. The lowest BCUT2D eigenvalue weighted by Crippen LogP contribution is -2.28. The predicted octanol–water partition coefficient (Wildman–Crippen LogP) is 1.78. The van der Waals surface area contributed by atoms with Crippen molar-refractivity contribution in [1.29, 1.82) is 0 Å². The summed E-state index contributed by atoms with van der Waals surface area (Å²) in [5.74, 6) is 0.160. The lowest BCUT2D eigenvalue weighted by Gasteiger charge is -2.22. The number of rotatable bonds is 7. The molecule has 2 aliphatic carbocycles. The van der Waals surface area contributed by atoms with Gasteiger partial charge in [-0.1, -0.05) is 11.8 Å². The Morgan fingerprint density at radius 3 is 2.68 bits per heavy atom. The number of carboxylic acid groups (broad SMARTS) is 1. The van der Waals surface area contributed by atoms with Crippen molar-refractivity contribution < 1.29 is 9.90 Å². The molecule has 2 saturated carbocycles. The fraction of sp³-hybridized carbons (Fsp3) is 0.750. The van der Waals surface area contributed by atoms with Crippen molar-refractivity contribution >= 4 is 23.7 Å². The van der Waals surface area contributed by atoms with Crippen LogP contribution in [0.15, 0.2) is 5.16 Å². The van der Waals surface area contributed by atoms with E-state index in [1.165, 1.54) is 24.6 Å². The van der Waals surface area contributed by atoms with E-state index in [0.717, 1.165) is 30.5 Å². The second-order valence-corrected chi connectivity index (χ2v) is 6.03. The summed E-state index contributed by atoms with van der Waals surface area (Å²) < 4.78 is 2.15. The van der Waals surface area contributed by atoms with Gasteiger partial charge < -0.3 is 10.0 Å². The van der Waals surface area contributed by atoms with Crippen molar-refractivity contribution in [2.24, 2.45) is 0 Å². The minimum Gasteiger partial charge on any atom is -0.481 e. The number of aromatic nitrogens is 3. The molecule has 1 heterocycles. The van der Waals surface area contributed by atoms with Gasteiger partial charge in [0.05, 0.1) is 5.75 Å². The molecule has 0 saturated heterocycles. The van der Waals surface area contributed by atoms with Crippen LogP contribution < -0.4 is 4.90 Å². The third-order valence-corrected chi connectivity index (χ3v) is 4.40. The summed E-state index contributed by atoms with van der Waals surface area (Å²) in [7, 11) is 0. The maximum Gasteiger partial charge on any atom is 0.313 e. The summed E-state index contributed by atoms with van der Waals surface area (Å²) in [5, 5.41) is 18.1. The van der Waals surface area contributed by atoms with Crippen LogP contribution in [0.25, 0.3) is 0 Å². The summed E-state index contributed by atoms with van der Waals surface area (Å²) in [6.07, 6.45) is 4.74. The first-order chi connectivity index (χ1) is 9.20. The predicted molar refractivity (Wildman–Crippen MR) is 72.7 cm³/mol. The van der Waals surface area contributed by atoms with Gasteiger partial charge in [0.15, 0.2) is 5.16 Å². The number of thioether (sulfide) groups is 1. The van der Waals surface area contributed by atoms with Crippen LogP contribution in [0.2, 0.25) is 0 Å². The fourth-order valence-corrected chi connectivity index (χ4v) is 3.01. The van der Waals surface area contributed by atoms with Gasteiger partial charge in [-0.05, 0) is 32.6 Å². The van der Waals surface area contributed by atoms with Crippen molar-refractivity contribution in [2.45, 2.75) is 49.8 Å². The van der Waals surface area contributed by atoms with Crippen LogP contribution in [-0.2, 0) is 4.79 Å². The first kappa shape index (κ1) is 12.8. The summed E-state index contributed by atoms with van der Waals surface area (Å²) in [6.45, 7) is 3.06. The Kier molecular flexibility index (Phi) is 3.38. The Morgan fingerprint density at radius 1 is 1.42 bits per heavy atom. The van der Waals surface area contributed by atoms with Gasteiger partial charge in [0.25, 0.3) is 0 Å². The van der Waals surface area contributed by atoms with Crippen molar-refractivity contribution in [1.82, 2.24) is 14.8 Å². The lowest BCUT2D eigenvalue weighted by molar-refractivity contribution is -0.133. The SMILES string of the molecule is CCN(c1nnc(SCC(=O)O)n1C1CC1)C1CC1. The van der Waals surface area contributed by atoms with E-state index in [1.54, 1.807) is 0 Å². The van der Waals surface area contributed by atoms with Crippen molar-refractivity contribution in [2.75, 3.05) is 17.2 Å². The molecule has 1 aromatic rings. The Labute approximate surface area is 116 Å². The monoisotopic (exact) mass is 282 g/mol. The molecule has 0 radical (unpaired) electrons. The normalized spacial score (nSPS) is 18.6. The number of hydrogen-bond donors (Lipinski definition) is 1. The lowest BCUT2D eigenvalue weighted by atomic mass is 10.5. The minimum absolute atomic E-state index is 0.0421. The fourth-order valence-electron chi connectivity index (χ4n) is 2.29. The average Bonchev–Trinajstić information content (AvgIpc) is 3.27. The number of carboxylic acids is 1. The number of nitrogens with zero attached hydrogens (tertiary/aromatic N) is 4. The Bertz CT molecular complexity index is 482. The number of anilines is 1. The zero-order valence-electron chi connectivity index (χ0n) is 10.9. The standard InChI is InChI=1S/C12H18N4O2S/c1-2-15(8-3-4-8)11-13-14-12(19-7-10(17)18)16(11)9-5-6-9/h8-9H,2-7H2,1H3,(H,17,18). The van der Waals surface area contributed by atoms with Crippen LogP contribution in [0.3, 0.4) is 0 Å². The van der Waals surface area contributed by atoms with Gasteiger partial charge in [0.2, 0.25) is 5.95 Å². The van der Waals surface area contributed by atoms with Crippen molar-refractivity contribution in [3.63, 3.8) is 0 Å². The molecule has 2 fully saturated rings. The topological polar surface area (TPSA) is 71.2 Å². The van der Waals surface area contributed by atoms with Gasteiger partial charge in [0.1, 0.15) is 0 Å². The molecule has 0 bridgehead atoms. The molecule has 7 heteroatoms. The summed E-state index contributed by atoms with van der Waals surface area (Å²) in [4.78, 5) is 13.0. The van der Waals surface area contributed by atoms with E-state index in [1.807, 2.05) is 0 Å². The van der Waals surface area contributed by atoms with Gasteiger partial charge >= 0.3 is 5.97 Å². The van der Waals surface area contributed by atoms with Gasteiger partial charge in [-0.2, -0.15) is 0 Å². The van der Waals surface area contributed by atoms with E-state index in [9.17, 15) is 4.79 Å². The van der Waals surface area contributed by atoms with E-state index in [2.05, 4.69) is 26.6 Å². The highest BCUT2D eigenvalue weighted by atomic mass is 32.2. The Morgan fingerprint density at radius 2 is 2.16 bits per heavy atom. The van der Waals surface area contributed by atoms with Crippen molar-refractivity contribution in [3.05, 3.63) is 0 Å². The molecule has 1 N–H and O–H groups in total. The second kappa shape index (κ2) is 5.03. The molecule has 0 aliphatic heterocycles.